The Morgan fingerprint density at radius 2 is 2.10 bits per heavy atom. The van der Waals surface area contributed by atoms with E-state index in [1.54, 1.807) is 13.0 Å². The maximum atomic E-state index is 12.1. The fourth-order valence-electron chi connectivity index (χ4n) is 1.79. The van der Waals surface area contributed by atoms with Crippen LogP contribution in [0.3, 0.4) is 0 Å². The number of carbonyl (C=O) groups excluding carboxylic acids is 2. The highest BCUT2D eigenvalue weighted by Crippen LogP contribution is 2.23. The number of rotatable bonds is 4. The zero-order valence-electron chi connectivity index (χ0n) is 11.3. The van der Waals surface area contributed by atoms with Gasteiger partial charge in [0, 0.05) is 11.3 Å². The molecular weight excluding hydrogens is 293 g/mol. The van der Waals surface area contributed by atoms with E-state index in [0.29, 0.717) is 23.6 Å². The summed E-state index contributed by atoms with van der Waals surface area (Å²) in [4.78, 5) is 25.2. The first-order valence-corrected chi connectivity index (χ1v) is 7.31. The summed E-state index contributed by atoms with van der Waals surface area (Å²) in [7, 11) is 0. The van der Waals surface area contributed by atoms with Gasteiger partial charge in [0.2, 0.25) is 5.91 Å². The first-order valence-electron chi connectivity index (χ1n) is 6.16. The smallest absolute Gasteiger partial charge is 0.345 e. The number of hydrogen-bond donors (Lipinski definition) is 1. The lowest BCUT2D eigenvalue weighted by atomic mass is 10.2. The Morgan fingerprint density at radius 1 is 1.45 bits per heavy atom. The molecule has 20 heavy (non-hydrogen) atoms. The molecule has 1 heterocycles. The normalized spacial score (nSPS) is 20.1. The molecule has 4 nitrogen and oxygen atoms in total. The van der Waals surface area contributed by atoms with Crippen LogP contribution in [-0.2, 0) is 9.59 Å². The summed E-state index contributed by atoms with van der Waals surface area (Å²) in [5.41, 5.74) is 0.503. The van der Waals surface area contributed by atoms with Crippen molar-refractivity contribution < 1.29 is 22.8 Å². The Bertz CT molecular complexity index is 410. The van der Waals surface area contributed by atoms with Gasteiger partial charge in [-0.05, 0) is 13.3 Å². The largest absolute Gasteiger partial charge is 0.405 e. The van der Waals surface area contributed by atoms with E-state index in [0.717, 1.165) is 0 Å². The molecule has 0 radical (unpaired) electrons. The molecule has 0 unspecified atom stereocenters. The monoisotopic (exact) mass is 310 g/mol. The molecule has 1 N–H and O–H groups in total. The number of nitrogens with zero attached hydrogens (tertiary/aromatic N) is 1. The molecule has 0 saturated carbocycles. The molecule has 1 aliphatic heterocycles. The van der Waals surface area contributed by atoms with Crippen LogP contribution in [0.25, 0.3) is 0 Å². The predicted octanol–water partition coefficient (Wildman–Crippen LogP) is 1.92. The van der Waals surface area contributed by atoms with Gasteiger partial charge in [0.25, 0.3) is 5.91 Å². The zero-order valence-corrected chi connectivity index (χ0v) is 12.1. The summed E-state index contributed by atoms with van der Waals surface area (Å²) in [6, 6.07) is -0.838. The topological polar surface area (TPSA) is 49.4 Å². The van der Waals surface area contributed by atoms with Crippen LogP contribution in [0.15, 0.2) is 11.6 Å². The minimum atomic E-state index is -4.45. The molecule has 8 heteroatoms. The molecule has 2 amide bonds. The van der Waals surface area contributed by atoms with Crippen LogP contribution in [0.2, 0.25) is 0 Å². The predicted molar refractivity (Wildman–Crippen MR) is 71.1 cm³/mol. The molecule has 0 bridgehead atoms. The quantitative estimate of drug-likeness (QED) is 0.807. The molecule has 1 rings (SSSR count). The van der Waals surface area contributed by atoms with Crippen LogP contribution in [0.4, 0.5) is 13.2 Å². The summed E-state index contributed by atoms with van der Waals surface area (Å²) >= 11 is 1.35. The molecule has 114 valence electrons. The standard InChI is InChI=1S/C12H17F3N2O2S/c1-3-4-8(2)11(19)17-7-20-5-9(17)10(18)16-6-12(13,14)15/h4,9H,3,5-7H2,1-2H3,(H,16,18)/b8-4+/t9-/m0/s1. The average Bonchev–Trinajstić information content (AvgIpc) is 2.83. The summed E-state index contributed by atoms with van der Waals surface area (Å²) in [6.45, 7) is 2.14. The van der Waals surface area contributed by atoms with E-state index >= 15 is 0 Å². The van der Waals surface area contributed by atoms with Crippen LogP contribution in [0.5, 0.6) is 0 Å². The van der Waals surface area contributed by atoms with Crippen LogP contribution in [0, 0.1) is 0 Å². The van der Waals surface area contributed by atoms with Crippen molar-refractivity contribution in [3.8, 4) is 0 Å². The lowest BCUT2D eigenvalue weighted by Crippen LogP contribution is -2.49. The molecule has 0 aromatic rings. The van der Waals surface area contributed by atoms with Crippen molar-refractivity contribution >= 4 is 23.6 Å². The van der Waals surface area contributed by atoms with Gasteiger partial charge in [0.15, 0.2) is 0 Å². The molecular formula is C12H17F3N2O2S. The van der Waals surface area contributed by atoms with E-state index in [-0.39, 0.29) is 5.91 Å². The van der Waals surface area contributed by atoms with E-state index in [9.17, 15) is 22.8 Å². The van der Waals surface area contributed by atoms with Crippen LogP contribution < -0.4 is 5.32 Å². The first kappa shape index (κ1) is 16.9. The maximum absolute atomic E-state index is 12.1. The number of amides is 2. The highest BCUT2D eigenvalue weighted by Gasteiger charge is 2.36. The van der Waals surface area contributed by atoms with Gasteiger partial charge in [0.1, 0.15) is 12.6 Å². The summed E-state index contributed by atoms with van der Waals surface area (Å²) < 4.78 is 36.2. The lowest BCUT2D eigenvalue weighted by molar-refractivity contribution is -0.143. The van der Waals surface area contributed by atoms with E-state index in [4.69, 9.17) is 0 Å². The highest BCUT2D eigenvalue weighted by atomic mass is 32.2. The van der Waals surface area contributed by atoms with Crippen LogP contribution >= 0.6 is 11.8 Å². The number of carbonyl (C=O) groups is 2. The molecule has 0 aliphatic carbocycles. The third kappa shape index (κ3) is 4.73. The summed E-state index contributed by atoms with van der Waals surface area (Å²) in [6.07, 6.45) is -2.03. The molecule has 0 spiro atoms. The average molecular weight is 310 g/mol. The SMILES string of the molecule is CC/C=C(\C)C(=O)N1CSC[C@H]1C(=O)NCC(F)(F)F. The minimum Gasteiger partial charge on any atom is -0.345 e. The Kier molecular flexibility index (Phi) is 5.91. The lowest BCUT2D eigenvalue weighted by Gasteiger charge is -2.23. The van der Waals surface area contributed by atoms with Gasteiger partial charge in [-0.15, -0.1) is 11.8 Å². The second kappa shape index (κ2) is 7.01. The highest BCUT2D eigenvalue weighted by molar-refractivity contribution is 7.99. The Hall–Kier alpha value is -1.18. The molecule has 1 aliphatic rings. The molecule has 0 aromatic carbocycles. The van der Waals surface area contributed by atoms with E-state index < -0.39 is 24.7 Å². The third-order valence-corrected chi connectivity index (χ3v) is 3.77. The Labute approximate surface area is 119 Å². The van der Waals surface area contributed by atoms with E-state index in [2.05, 4.69) is 0 Å². The Morgan fingerprint density at radius 3 is 2.65 bits per heavy atom. The molecule has 1 saturated heterocycles. The van der Waals surface area contributed by atoms with Gasteiger partial charge >= 0.3 is 6.18 Å². The maximum Gasteiger partial charge on any atom is 0.405 e. The van der Waals surface area contributed by atoms with Crippen molar-refractivity contribution in [3.63, 3.8) is 0 Å². The third-order valence-electron chi connectivity index (χ3n) is 2.76. The van der Waals surface area contributed by atoms with Gasteiger partial charge in [-0.3, -0.25) is 9.59 Å². The van der Waals surface area contributed by atoms with E-state index in [1.807, 2.05) is 12.2 Å². The van der Waals surface area contributed by atoms with Gasteiger partial charge in [-0.25, -0.2) is 0 Å². The number of allylic oxidation sites excluding steroid dienone is 1. The number of alkyl halides is 3. The second-order valence-electron chi connectivity index (χ2n) is 4.42. The van der Waals surface area contributed by atoms with Gasteiger partial charge in [-0.2, -0.15) is 13.2 Å². The summed E-state index contributed by atoms with van der Waals surface area (Å²) in [5, 5.41) is 1.83. The van der Waals surface area contributed by atoms with Crippen molar-refractivity contribution in [2.45, 2.75) is 32.5 Å². The Balaban J connectivity index is 2.67. The second-order valence-corrected chi connectivity index (χ2v) is 5.42. The van der Waals surface area contributed by atoms with Crippen molar-refractivity contribution in [3.05, 3.63) is 11.6 Å². The number of thioether (sulfide) groups is 1. The summed E-state index contributed by atoms with van der Waals surface area (Å²) in [5.74, 6) is -0.430. The molecule has 0 aromatic heterocycles. The molecule has 1 atom stereocenters. The van der Waals surface area contributed by atoms with Crippen molar-refractivity contribution in [1.29, 1.82) is 0 Å². The number of nitrogens with one attached hydrogen (secondary N) is 1. The van der Waals surface area contributed by atoms with Gasteiger partial charge < -0.3 is 10.2 Å². The number of halogens is 3. The van der Waals surface area contributed by atoms with Gasteiger partial charge in [0.05, 0.1) is 5.88 Å². The van der Waals surface area contributed by atoms with Crippen molar-refractivity contribution in [2.75, 3.05) is 18.2 Å². The van der Waals surface area contributed by atoms with Crippen molar-refractivity contribution in [1.82, 2.24) is 10.2 Å². The van der Waals surface area contributed by atoms with Crippen LogP contribution in [0.1, 0.15) is 20.3 Å². The van der Waals surface area contributed by atoms with Crippen LogP contribution in [-0.4, -0.2) is 47.1 Å². The van der Waals surface area contributed by atoms with Crippen molar-refractivity contribution in [2.24, 2.45) is 0 Å². The minimum absolute atomic E-state index is 0.302. The fraction of sp³-hybridized carbons (Fsp3) is 0.667. The first-order chi connectivity index (χ1) is 9.26. The molecule has 1 fully saturated rings. The number of hydrogen-bond acceptors (Lipinski definition) is 3. The van der Waals surface area contributed by atoms with E-state index in [1.165, 1.54) is 16.7 Å². The van der Waals surface area contributed by atoms with Gasteiger partial charge in [-0.1, -0.05) is 13.0 Å². The fourth-order valence-corrected chi connectivity index (χ4v) is 2.94. The zero-order chi connectivity index (χ0) is 15.3.